The van der Waals surface area contributed by atoms with Gasteiger partial charge in [0.15, 0.2) is 0 Å². The summed E-state index contributed by atoms with van der Waals surface area (Å²) in [5, 5.41) is 2.90. The maximum absolute atomic E-state index is 12.5. The van der Waals surface area contributed by atoms with E-state index >= 15 is 0 Å². The third-order valence-corrected chi connectivity index (χ3v) is 4.90. The number of anilines is 2. The Morgan fingerprint density at radius 3 is 2.92 bits per heavy atom. The van der Waals surface area contributed by atoms with Crippen LogP contribution in [-0.4, -0.2) is 29.0 Å². The number of nitrogens with one attached hydrogen (secondary N) is 1. The van der Waals surface area contributed by atoms with Gasteiger partial charge in [0.2, 0.25) is 0 Å². The second-order valence-electron chi connectivity index (χ2n) is 6.39. The Labute approximate surface area is 150 Å². The highest BCUT2D eigenvalue weighted by atomic mass is 79.9. The van der Waals surface area contributed by atoms with Gasteiger partial charge < -0.3 is 10.2 Å². The number of piperidine rings is 1. The standard InChI is InChI=1S/C18H21BrN4O/c1-12-5-6-15(14(19)8-12)22-18(24)16-9-17(21-11-20-16)23-7-3-4-13(2)10-23/h5-6,8-9,11,13H,3-4,7,10H2,1-2H3,(H,22,24). The molecule has 2 aromatic rings. The van der Waals surface area contributed by atoms with Crippen molar-refractivity contribution in [3.8, 4) is 0 Å². The van der Waals surface area contributed by atoms with E-state index in [1.54, 1.807) is 6.07 Å². The third kappa shape index (κ3) is 3.93. The number of benzene rings is 1. The van der Waals surface area contributed by atoms with Gasteiger partial charge in [-0.15, -0.1) is 0 Å². The van der Waals surface area contributed by atoms with Gasteiger partial charge in [-0.3, -0.25) is 4.79 Å². The highest BCUT2D eigenvalue weighted by Gasteiger charge is 2.19. The van der Waals surface area contributed by atoms with Gasteiger partial charge in [-0.2, -0.15) is 0 Å². The lowest BCUT2D eigenvalue weighted by Crippen LogP contribution is -2.35. The predicted molar refractivity (Wildman–Crippen MR) is 99.5 cm³/mol. The summed E-state index contributed by atoms with van der Waals surface area (Å²) in [6, 6.07) is 7.58. The van der Waals surface area contributed by atoms with E-state index in [0.29, 0.717) is 11.6 Å². The van der Waals surface area contributed by atoms with Crippen LogP contribution < -0.4 is 10.2 Å². The molecule has 24 heavy (non-hydrogen) atoms. The Morgan fingerprint density at radius 2 is 2.17 bits per heavy atom. The Morgan fingerprint density at radius 1 is 1.33 bits per heavy atom. The molecule has 0 spiro atoms. The van der Waals surface area contributed by atoms with Gasteiger partial charge in [-0.05, 0) is 59.3 Å². The topological polar surface area (TPSA) is 58.1 Å². The molecule has 1 aromatic carbocycles. The minimum atomic E-state index is -0.228. The minimum Gasteiger partial charge on any atom is -0.356 e. The Kier molecular flexibility index (Phi) is 5.14. The lowest BCUT2D eigenvalue weighted by molar-refractivity contribution is 0.102. The summed E-state index contributed by atoms with van der Waals surface area (Å²) in [7, 11) is 0. The van der Waals surface area contributed by atoms with Crippen molar-refractivity contribution < 1.29 is 4.79 Å². The first-order chi connectivity index (χ1) is 11.5. The lowest BCUT2D eigenvalue weighted by atomic mass is 10.0. The predicted octanol–water partition coefficient (Wildman–Crippen LogP) is 4.04. The first-order valence-corrected chi connectivity index (χ1v) is 8.97. The van der Waals surface area contributed by atoms with Gasteiger partial charge in [0.25, 0.3) is 5.91 Å². The number of nitrogens with zero attached hydrogens (tertiary/aromatic N) is 3. The molecule has 2 heterocycles. The summed E-state index contributed by atoms with van der Waals surface area (Å²) in [5.41, 5.74) is 2.24. The van der Waals surface area contributed by atoms with Gasteiger partial charge >= 0.3 is 0 Å². The number of carbonyl (C=O) groups is 1. The summed E-state index contributed by atoms with van der Waals surface area (Å²) < 4.78 is 0.856. The fraction of sp³-hybridized carbons (Fsp3) is 0.389. The number of aryl methyl sites for hydroxylation is 1. The maximum atomic E-state index is 12.5. The van der Waals surface area contributed by atoms with Gasteiger partial charge in [0, 0.05) is 23.6 Å². The van der Waals surface area contributed by atoms with E-state index in [-0.39, 0.29) is 5.91 Å². The number of amides is 1. The molecular weight excluding hydrogens is 368 g/mol. The van der Waals surface area contributed by atoms with E-state index < -0.39 is 0 Å². The highest BCUT2D eigenvalue weighted by Crippen LogP contribution is 2.25. The average molecular weight is 389 g/mol. The zero-order valence-corrected chi connectivity index (χ0v) is 15.5. The quantitative estimate of drug-likeness (QED) is 0.861. The molecule has 0 aliphatic carbocycles. The van der Waals surface area contributed by atoms with Gasteiger partial charge in [-0.25, -0.2) is 9.97 Å². The monoisotopic (exact) mass is 388 g/mol. The number of rotatable bonds is 3. The molecule has 5 nitrogen and oxygen atoms in total. The van der Waals surface area contributed by atoms with Crippen LogP contribution in [-0.2, 0) is 0 Å². The molecule has 0 saturated carbocycles. The first kappa shape index (κ1) is 16.9. The molecule has 1 aliphatic heterocycles. The molecule has 126 valence electrons. The number of aromatic nitrogens is 2. The zero-order chi connectivity index (χ0) is 17.1. The van der Waals surface area contributed by atoms with Gasteiger partial charge in [-0.1, -0.05) is 13.0 Å². The normalized spacial score (nSPS) is 17.6. The molecule has 1 aliphatic rings. The van der Waals surface area contributed by atoms with E-state index in [4.69, 9.17) is 0 Å². The van der Waals surface area contributed by atoms with Crippen LogP contribution in [0.15, 0.2) is 35.1 Å². The highest BCUT2D eigenvalue weighted by molar-refractivity contribution is 9.10. The second-order valence-corrected chi connectivity index (χ2v) is 7.25. The van der Waals surface area contributed by atoms with Crippen LogP contribution in [0, 0.1) is 12.8 Å². The second kappa shape index (κ2) is 7.30. The number of halogens is 1. The number of hydrogen-bond acceptors (Lipinski definition) is 4. The Balaban J connectivity index is 1.76. The molecule has 0 radical (unpaired) electrons. The lowest BCUT2D eigenvalue weighted by Gasteiger charge is -2.31. The molecule has 1 aromatic heterocycles. The summed E-state index contributed by atoms with van der Waals surface area (Å²) >= 11 is 3.48. The molecule has 3 rings (SSSR count). The SMILES string of the molecule is Cc1ccc(NC(=O)c2cc(N3CCCC(C)C3)ncn2)c(Br)c1. The van der Waals surface area contributed by atoms with Crippen LogP contribution in [0.2, 0.25) is 0 Å². The minimum absolute atomic E-state index is 0.228. The average Bonchev–Trinajstić information content (AvgIpc) is 2.57. The molecule has 1 saturated heterocycles. The third-order valence-electron chi connectivity index (χ3n) is 4.24. The Bertz CT molecular complexity index is 750. The number of carbonyl (C=O) groups excluding carboxylic acids is 1. The van der Waals surface area contributed by atoms with E-state index in [1.807, 2.05) is 25.1 Å². The van der Waals surface area contributed by atoms with Crippen molar-refractivity contribution in [3.63, 3.8) is 0 Å². The molecule has 1 amide bonds. The van der Waals surface area contributed by atoms with Crippen molar-refractivity contribution in [2.75, 3.05) is 23.3 Å². The van der Waals surface area contributed by atoms with Crippen LogP contribution >= 0.6 is 15.9 Å². The van der Waals surface area contributed by atoms with Crippen molar-refractivity contribution >= 4 is 33.3 Å². The van der Waals surface area contributed by atoms with Crippen molar-refractivity contribution in [1.29, 1.82) is 0 Å². The van der Waals surface area contributed by atoms with E-state index in [1.165, 1.54) is 12.7 Å². The smallest absolute Gasteiger partial charge is 0.274 e. The van der Waals surface area contributed by atoms with Crippen molar-refractivity contribution in [2.24, 2.45) is 5.92 Å². The molecule has 1 unspecified atom stereocenters. The van der Waals surface area contributed by atoms with Crippen LogP contribution in [0.1, 0.15) is 35.8 Å². The van der Waals surface area contributed by atoms with Gasteiger partial charge in [0.05, 0.1) is 5.69 Å². The summed E-state index contributed by atoms with van der Waals surface area (Å²) in [5.74, 6) is 1.24. The first-order valence-electron chi connectivity index (χ1n) is 8.17. The summed E-state index contributed by atoms with van der Waals surface area (Å²) in [6.45, 7) is 6.20. The van der Waals surface area contributed by atoms with Crippen LogP contribution in [0.4, 0.5) is 11.5 Å². The van der Waals surface area contributed by atoms with Gasteiger partial charge in [0.1, 0.15) is 17.8 Å². The molecular formula is C18H21BrN4O. The summed E-state index contributed by atoms with van der Waals surface area (Å²) in [6.07, 6.45) is 3.87. The molecule has 6 heteroatoms. The summed E-state index contributed by atoms with van der Waals surface area (Å²) in [4.78, 5) is 23.2. The fourth-order valence-electron chi connectivity index (χ4n) is 2.95. The van der Waals surface area contributed by atoms with Crippen LogP contribution in [0.3, 0.4) is 0 Å². The van der Waals surface area contributed by atoms with Crippen molar-refractivity contribution in [1.82, 2.24) is 9.97 Å². The van der Waals surface area contributed by atoms with Crippen LogP contribution in [0.5, 0.6) is 0 Å². The fourth-order valence-corrected chi connectivity index (χ4v) is 3.54. The van der Waals surface area contributed by atoms with Crippen molar-refractivity contribution in [3.05, 3.63) is 46.3 Å². The maximum Gasteiger partial charge on any atom is 0.274 e. The van der Waals surface area contributed by atoms with E-state index in [9.17, 15) is 4.79 Å². The molecule has 1 fully saturated rings. The largest absolute Gasteiger partial charge is 0.356 e. The van der Waals surface area contributed by atoms with Crippen LogP contribution in [0.25, 0.3) is 0 Å². The van der Waals surface area contributed by atoms with Crippen molar-refractivity contribution in [2.45, 2.75) is 26.7 Å². The van der Waals surface area contributed by atoms with E-state index in [2.05, 4.69) is 43.0 Å². The number of hydrogen-bond donors (Lipinski definition) is 1. The zero-order valence-electron chi connectivity index (χ0n) is 13.9. The molecule has 1 atom stereocenters. The van der Waals surface area contributed by atoms with E-state index in [0.717, 1.165) is 41.1 Å². The molecule has 1 N–H and O–H groups in total. The Hall–Kier alpha value is -1.95. The molecule has 0 bridgehead atoms.